The van der Waals surface area contributed by atoms with E-state index >= 15 is 0 Å². The van der Waals surface area contributed by atoms with Crippen molar-refractivity contribution in [1.29, 1.82) is 0 Å². The van der Waals surface area contributed by atoms with Gasteiger partial charge in [-0.3, -0.25) is 9.59 Å². The predicted octanol–water partition coefficient (Wildman–Crippen LogP) is 4.04. The second-order valence-corrected chi connectivity index (χ2v) is 7.96. The van der Waals surface area contributed by atoms with E-state index in [2.05, 4.69) is 26.1 Å². The summed E-state index contributed by atoms with van der Waals surface area (Å²) in [7, 11) is 0. The molecule has 154 valence electrons. The number of amides is 2. The molecule has 2 aromatic rings. The van der Waals surface area contributed by atoms with Gasteiger partial charge in [-0.05, 0) is 49.4 Å². The molecule has 8 heteroatoms. The minimum absolute atomic E-state index is 0.0522. The Morgan fingerprint density at radius 2 is 1.86 bits per heavy atom. The van der Waals surface area contributed by atoms with E-state index in [1.165, 1.54) is 4.90 Å². The van der Waals surface area contributed by atoms with Crippen molar-refractivity contribution in [1.82, 2.24) is 4.90 Å². The molecule has 1 saturated heterocycles. The van der Waals surface area contributed by atoms with Crippen molar-refractivity contribution in [2.24, 2.45) is 0 Å². The number of benzene rings is 2. The number of nitrogens with one attached hydrogen (secondary N) is 1. The van der Waals surface area contributed by atoms with Gasteiger partial charge >= 0.3 is 0 Å². The first-order valence-electron chi connectivity index (χ1n) is 9.45. The van der Waals surface area contributed by atoms with Crippen LogP contribution in [0, 0.1) is 0 Å². The number of carbonyl (C=O) groups is 2. The number of morpholine rings is 1. The summed E-state index contributed by atoms with van der Waals surface area (Å²) in [6.45, 7) is 5.33. The first-order chi connectivity index (χ1) is 14.0. The van der Waals surface area contributed by atoms with Crippen molar-refractivity contribution < 1.29 is 14.3 Å². The molecule has 0 bridgehead atoms. The minimum Gasteiger partial charge on any atom is -0.378 e. The van der Waals surface area contributed by atoms with Gasteiger partial charge in [0.2, 0.25) is 5.91 Å². The second-order valence-electron chi connectivity index (χ2n) is 6.64. The summed E-state index contributed by atoms with van der Waals surface area (Å²) >= 11 is 9.50. The van der Waals surface area contributed by atoms with Gasteiger partial charge in [-0.1, -0.05) is 27.5 Å². The average Bonchev–Trinajstić information content (AvgIpc) is 2.74. The molecule has 0 radical (unpaired) electrons. The van der Waals surface area contributed by atoms with Gasteiger partial charge in [0.05, 0.1) is 23.8 Å². The van der Waals surface area contributed by atoms with Crippen molar-refractivity contribution >= 4 is 50.7 Å². The van der Waals surface area contributed by atoms with Gasteiger partial charge in [-0.15, -0.1) is 0 Å². The van der Waals surface area contributed by atoms with Crippen LogP contribution in [-0.2, 0) is 9.53 Å². The number of hydrogen-bond donors (Lipinski definition) is 1. The lowest BCUT2D eigenvalue weighted by molar-refractivity contribution is -0.116. The number of ether oxygens (including phenoxy) is 1. The molecule has 1 heterocycles. The fourth-order valence-electron chi connectivity index (χ4n) is 3.11. The zero-order valence-corrected chi connectivity index (χ0v) is 18.5. The van der Waals surface area contributed by atoms with Crippen LogP contribution in [-0.4, -0.2) is 56.1 Å². The third-order valence-electron chi connectivity index (χ3n) is 4.69. The van der Waals surface area contributed by atoms with E-state index < -0.39 is 0 Å². The monoisotopic (exact) mass is 479 g/mol. The summed E-state index contributed by atoms with van der Waals surface area (Å²) in [6, 6.07) is 12.8. The fraction of sp³-hybridized carbons (Fsp3) is 0.333. The first kappa shape index (κ1) is 21.6. The van der Waals surface area contributed by atoms with Gasteiger partial charge in [0.25, 0.3) is 5.91 Å². The molecule has 3 rings (SSSR count). The quantitative estimate of drug-likeness (QED) is 0.678. The predicted molar refractivity (Wildman–Crippen MR) is 119 cm³/mol. The van der Waals surface area contributed by atoms with Crippen molar-refractivity contribution in [2.75, 3.05) is 49.6 Å². The number of carbonyl (C=O) groups excluding carboxylic acids is 2. The van der Waals surface area contributed by atoms with Crippen molar-refractivity contribution in [3.63, 3.8) is 0 Å². The highest BCUT2D eigenvalue weighted by Crippen LogP contribution is 2.23. The molecule has 1 N–H and O–H groups in total. The average molecular weight is 481 g/mol. The van der Waals surface area contributed by atoms with Gasteiger partial charge in [0.1, 0.15) is 6.54 Å². The van der Waals surface area contributed by atoms with Gasteiger partial charge < -0.3 is 19.9 Å². The zero-order valence-electron chi connectivity index (χ0n) is 16.2. The van der Waals surface area contributed by atoms with E-state index in [-0.39, 0.29) is 18.4 Å². The highest BCUT2D eigenvalue weighted by atomic mass is 79.9. The maximum absolute atomic E-state index is 12.8. The normalized spacial score (nSPS) is 13.8. The van der Waals surface area contributed by atoms with Crippen LogP contribution < -0.4 is 10.2 Å². The number of rotatable bonds is 6. The maximum Gasteiger partial charge on any atom is 0.255 e. The minimum atomic E-state index is -0.281. The van der Waals surface area contributed by atoms with Gasteiger partial charge in [-0.2, -0.15) is 0 Å². The standard InChI is InChI=1S/C21H23BrClN3O3/c1-2-25(21(28)18-13-15(22)3-8-19(18)23)14-20(27)24-16-4-6-17(7-5-16)26-9-11-29-12-10-26/h3-8,13H,2,9-12,14H2,1H3,(H,24,27). The Hall–Kier alpha value is -2.09. The lowest BCUT2D eigenvalue weighted by Crippen LogP contribution is -2.38. The molecule has 0 aliphatic carbocycles. The second kappa shape index (κ2) is 10.1. The van der Waals surface area contributed by atoms with Gasteiger partial charge in [0, 0.05) is 35.5 Å². The number of hydrogen-bond acceptors (Lipinski definition) is 4. The third kappa shape index (κ3) is 5.72. The number of likely N-dealkylation sites (N-methyl/N-ethyl adjacent to an activating group) is 1. The molecule has 2 amide bonds. The highest BCUT2D eigenvalue weighted by Gasteiger charge is 2.20. The molecule has 2 aromatic carbocycles. The Morgan fingerprint density at radius 1 is 1.17 bits per heavy atom. The van der Waals surface area contributed by atoms with Crippen LogP contribution >= 0.6 is 27.5 Å². The molecule has 0 atom stereocenters. The van der Waals surface area contributed by atoms with E-state index in [4.69, 9.17) is 16.3 Å². The molecule has 1 aliphatic heterocycles. The summed E-state index contributed by atoms with van der Waals surface area (Å²) < 4.78 is 6.12. The van der Waals surface area contributed by atoms with E-state index in [0.717, 1.165) is 36.5 Å². The Bertz CT molecular complexity index is 870. The number of halogens is 2. The first-order valence-corrected chi connectivity index (χ1v) is 10.6. The van der Waals surface area contributed by atoms with E-state index in [0.29, 0.717) is 22.8 Å². The van der Waals surface area contributed by atoms with E-state index in [9.17, 15) is 9.59 Å². The molecule has 29 heavy (non-hydrogen) atoms. The molecule has 0 saturated carbocycles. The van der Waals surface area contributed by atoms with Crippen molar-refractivity contribution in [3.8, 4) is 0 Å². The van der Waals surface area contributed by atoms with Crippen molar-refractivity contribution in [3.05, 3.63) is 57.5 Å². The molecular weight excluding hydrogens is 458 g/mol. The largest absolute Gasteiger partial charge is 0.378 e. The summed E-state index contributed by atoms with van der Waals surface area (Å²) in [5.74, 6) is -0.540. The molecule has 1 aliphatic rings. The topological polar surface area (TPSA) is 61.9 Å². The van der Waals surface area contributed by atoms with Crippen LogP contribution in [0.15, 0.2) is 46.9 Å². The molecule has 1 fully saturated rings. The van der Waals surface area contributed by atoms with Crippen molar-refractivity contribution in [2.45, 2.75) is 6.92 Å². The van der Waals surface area contributed by atoms with E-state index in [1.54, 1.807) is 18.2 Å². The summed E-state index contributed by atoms with van der Waals surface area (Å²) in [5, 5.41) is 3.21. The maximum atomic E-state index is 12.8. The van der Waals surface area contributed by atoms with Gasteiger partial charge in [-0.25, -0.2) is 0 Å². The van der Waals surface area contributed by atoms with Crippen LogP contribution in [0.4, 0.5) is 11.4 Å². The SMILES string of the molecule is CCN(CC(=O)Nc1ccc(N2CCOCC2)cc1)C(=O)c1cc(Br)ccc1Cl. The van der Waals surface area contributed by atoms with Crippen LogP contribution in [0.3, 0.4) is 0 Å². The van der Waals surface area contributed by atoms with Crippen LogP contribution in [0.2, 0.25) is 5.02 Å². The highest BCUT2D eigenvalue weighted by molar-refractivity contribution is 9.10. The molecule has 6 nitrogen and oxygen atoms in total. The van der Waals surface area contributed by atoms with Crippen LogP contribution in [0.25, 0.3) is 0 Å². The third-order valence-corrected chi connectivity index (χ3v) is 5.51. The Kier molecular flexibility index (Phi) is 7.52. The Balaban J connectivity index is 1.61. The molecule has 0 aromatic heterocycles. The van der Waals surface area contributed by atoms with E-state index in [1.807, 2.05) is 31.2 Å². The summed E-state index contributed by atoms with van der Waals surface area (Å²) in [5.41, 5.74) is 2.16. The Morgan fingerprint density at radius 3 is 2.52 bits per heavy atom. The zero-order chi connectivity index (χ0) is 20.8. The fourth-order valence-corrected chi connectivity index (χ4v) is 3.67. The molecule has 0 spiro atoms. The number of anilines is 2. The molecular formula is C21H23BrClN3O3. The summed E-state index contributed by atoms with van der Waals surface area (Å²) in [4.78, 5) is 29.0. The number of nitrogens with zero attached hydrogens (tertiary/aromatic N) is 2. The lowest BCUT2D eigenvalue weighted by atomic mass is 10.2. The smallest absolute Gasteiger partial charge is 0.255 e. The molecule has 0 unspecified atom stereocenters. The van der Waals surface area contributed by atoms with Crippen LogP contribution in [0.5, 0.6) is 0 Å². The van der Waals surface area contributed by atoms with Crippen LogP contribution in [0.1, 0.15) is 17.3 Å². The Labute approximate surface area is 183 Å². The van der Waals surface area contributed by atoms with Gasteiger partial charge in [0.15, 0.2) is 0 Å². The lowest BCUT2D eigenvalue weighted by Gasteiger charge is -2.29. The summed E-state index contributed by atoms with van der Waals surface area (Å²) in [6.07, 6.45) is 0.